The number of hydrogen-bond donors (Lipinski definition) is 3. The third kappa shape index (κ3) is 4.14. The SMILES string of the molecule is C=C1NC(=S)N[C@H](c2ccccc2C(F)(F)F)[C@H]1C(=O)Nc1ccc(F)cc1. The fraction of sp³-hybridized carbons (Fsp3) is 0.158. The predicted octanol–water partition coefficient (Wildman–Crippen LogP) is 4.13. The molecule has 1 heterocycles. The molecule has 1 amide bonds. The molecule has 9 heteroatoms. The molecule has 1 aliphatic heterocycles. The highest BCUT2D eigenvalue weighted by Gasteiger charge is 2.42. The van der Waals surface area contributed by atoms with E-state index in [2.05, 4.69) is 22.5 Å². The number of carbonyl (C=O) groups is 1. The Morgan fingerprint density at radius 2 is 1.75 bits per heavy atom. The van der Waals surface area contributed by atoms with Crippen LogP contribution >= 0.6 is 12.2 Å². The van der Waals surface area contributed by atoms with E-state index in [4.69, 9.17) is 12.2 Å². The molecule has 1 saturated heterocycles. The molecule has 2 atom stereocenters. The van der Waals surface area contributed by atoms with E-state index in [9.17, 15) is 22.4 Å². The van der Waals surface area contributed by atoms with E-state index in [1.54, 1.807) is 0 Å². The Morgan fingerprint density at radius 1 is 1.11 bits per heavy atom. The minimum absolute atomic E-state index is 0.0674. The Hall–Kier alpha value is -2.94. The number of halogens is 4. The van der Waals surface area contributed by atoms with Gasteiger partial charge >= 0.3 is 6.18 Å². The predicted molar refractivity (Wildman–Crippen MR) is 101 cm³/mol. The molecular weight excluding hydrogens is 394 g/mol. The molecule has 0 spiro atoms. The molecule has 4 nitrogen and oxygen atoms in total. The van der Waals surface area contributed by atoms with Gasteiger partial charge < -0.3 is 16.0 Å². The molecular formula is C19H15F4N3OS. The number of amides is 1. The highest BCUT2D eigenvalue weighted by molar-refractivity contribution is 7.80. The Bertz CT molecular complexity index is 928. The maximum Gasteiger partial charge on any atom is 0.416 e. The van der Waals surface area contributed by atoms with Crippen molar-refractivity contribution in [3.63, 3.8) is 0 Å². The number of anilines is 1. The number of thiocarbonyl (C=S) groups is 1. The largest absolute Gasteiger partial charge is 0.416 e. The van der Waals surface area contributed by atoms with Crippen LogP contribution in [-0.4, -0.2) is 11.0 Å². The Morgan fingerprint density at radius 3 is 2.39 bits per heavy atom. The van der Waals surface area contributed by atoms with Crippen LogP contribution in [0.3, 0.4) is 0 Å². The van der Waals surface area contributed by atoms with Gasteiger partial charge in [-0.3, -0.25) is 4.79 Å². The number of hydrogen-bond acceptors (Lipinski definition) is 2. The molecule has 3 rings (SSSR count). The summed E-state index contributed by atoms with van der Waals surface area (Å²) in [4.78, 5) is 12.8. The summed E-state index contributed by atoms with van der Waals surface area (Å²) >= 11 is 5.04. The molecule has 0 saturated carbocycles. The molecule has 2 aromatic rings. The van der Waals surface area contributed by atoms with E-state index in [1.165, 1.54) is 30.3 Å². The zero-order valence-corrected chi connectivity index (χ0v) is 15.1. The quantitative estimate of drug-likeness (QED) is 0.527. The molecule has 0 radical (unpaired) electrons. The van der Waals surface area contributed by atoms with E-state index in [0.29, 0.717) is 5.69 Å². The number of benzene rings is 2. The van der Waals surface area contributed by atoms with Gasteiger partial charge in [0, 0.05) is 11.4 Å². The van der Waals surface area contributed by atoms with Crippen molar-refractivity contribution in [2.45, 2.75) is 12.2 Å². The van der Waals surface area contributed by atoms with Gasteiger partial charge in [-0.25, -0.2) is 4.39 Å². The maximum atomic E-state index is 13.5. The average molecular weight is 409 g/mol. The van der Waals surface area contributed by atoms with Crippen molar-refractivity contribution < 1.29 is 22.4 Å². The number of alkyl halides is 3. The molecule has 0 aliphatic carbocycles. The van der Waals surface area contributed by atoms with Crippen LogP contribution in [0.1, 0.15) is 17.2 Å². The van der Waals surface area contributed by atoms with Crippen molar-refractivity contribution in [1.29, 1.82) is 0 Å². The Kier molecular flexibility index (Phi) is 5.37. The molecule has 1 aliphatic rings. The van der Waals surface area contributed by atoms with Crippen LogP contribution in [0.5, 0.6) is 0 Å². The first-order valence-corrected chi connectivity index (χ1v) is 8.56. The maximum absolute atomic E-state index is 13.5. The summed E-state index contributed by atoms with van der Waals surface area (Å²) in [6.07, 6.45) is -4.61. The van der Waals surface area contributed by atoms with Crippen LogP contribution < -0.4 is 16.0 Å². The van der Waals surface area contributed by atoms with E-state index in [0.717, 1.165) is 18.2 Å². The van der Waals surface area contributed by atoms with Crippen LogP contribution in [0.15, 0.2) is 60.8 Å². The summed E-state index contributed by atoms with van der Waals surface area (Å²) in [6, 6.07) is 8.90. The van der Waals surface area contributed by atoms with Crippen molar-refractivity contribution in [3.05, 3.63) is 77.8 Å². The molecule has 0 bridgehead atoms. The van der Waals surface area contributed by atoms with Crippen LogP contribution in [0.25, 0.3) is 0 Å². The van der Waals surface area contributed by atoms with Gasteiger partial charge in [0.1, 0.15) is 11.7 Å². The molecule has 146 valence electrons. The smallest absolute Gasteiger partial charge is 0.354 e. The zero-order valence-electron chi connectivity index (χ0n) is 14.3. The topological polar surface area (TPSA) is 53.2 Å². The molecule has 0 unspecified atom stereocenters. The fourth-order valence-corrected chi connectivity index (χ4v) is 3.29. The highest BCUT2D eigenvalue weighted by atomic mass is 32.1. The van der Waals surface area contributed by atoms with Crippen LogP contribution in [0, 0.1) is 11.7 Å². The van der Waals surface area contributed by atoms with Crippen molar-refractivity contribution >= 4 is 28.9 Å². The number of rotatable bonds is 3. The first-order valence-electron chi connectivity index (χ1n) is 8.15. The number of nitrogens with one attached hydrogen (secondary N) is 3. The second kappa shape index (κ2) is 7.59. The summed E-state index contributed by atoms with van der Waals surface area (Å²) in [5, 5.41) is 8.07. The minimum Gasteiger partial charge on any atom is -0.354 e. The van der Waals surface area contributed by atoms with Crippen molar-refractivity contribution in [1.82, 2.24) is 10.6 Å². The molecule has 0 aromatic heterocycles. The third-order valence-electron chi connectivity index (χ3n) is 4.26. The number of carbonyl (C=O) groups excluding carboxylic acids is 1. The van der Waals surface area contributed by atoms with E-state index < -0.39 is 35.4 Å². The van der Waals surface area contributed by atoms with E-state index in [1.807, 2.05) is 0 Å². The van der Waals surface area contributed by atoms with Gasteiger partial charge in [-0.05, 0) is 48.1 Å². The van der Waals surface area contributed by atoms with E-state index in [-0.39, 0.29) is 16.4 Å². The molecule has 28 heavy (non-hydrogen) atoms. The normalized spacial score (nSPS) is 19.6. The average Bonchev–Trinajstić information content (AvgIpc) is 2.62. The lowest BCUT2D eigenvalue weighted by molar-refractivity contribution is -0.139. The van der Waals surface area contributed by atoms with Gasteiger partial charge in [-0.1, -0.05) is 24.8 Å². The zero-order chi connectivity index (χ0) is 20.5. The van der Waals surface area contributed by atoms with Gasteiger partial charge in [0.15, 0.2) is 5.11 Å². The second-order valence-corrected chi connectivity index (χ2v) is 6.57. The van der Waals surface area contributed by atoms with E-state index >= 15 is 0 Å². The van der Waals surface area contributed by atoms with Crippen molar-refractivity contribution in [2.24, 2.45) is 5.92 Å². The fourth-order valence-electron chi connectivity index (χ4n) is 3.03. The molecule has 3 N–H and O–H groups in total. The molecule has 2 aromatic carbocycles. The standard InChI is InChI=1S/C19H15F4N3OS/c1-10-15(17(27)25-12-8-6-11(20)7-9-12)16(26-18(28)24-10)13-4-2-3-5-14(13)19(21,22)23/h2-9,15-16H,1H2,(H,25,27)(H2,24,26,28)/t15-,16+/m0/s1. The van der Waals surface area contributed by atoms with Gasteiger partial charge in [-0.2, -0.15) is 13.2 Å². The molecule has 1 fully saturated rings. The highest BCUT2D eigenvalue weighted by Crippen LogP contribution is 2.39. The Balaban J connectivity index is 1.98. The first kappa shape index (κ1) is 19.8. The second-order valence-electron chi connectivity index (χ2n) is 6.16. The van der Waals surface area contributed by atoms with Crippen LogP contribution in [-0.2, 0) is 11.0 Å². The summed E-state index contributed by atoms with van der Waals surface area (Å²) in [5.41, 5.74) is -0.538. The van der Waals surface area contributed by atoms with Gasteiger partial charge in [0.2, 0.25) is 5.91 Å². The Labute approximate surface area is 163 Å². The summed E-state index contributed by atoms with van der Waals surface area (Å²) in [7, 11) is 0. The van der Waals surface area contributed by atoms with Crippen LogP contribution in [0.2, 0.25) is 0 Å². The monoisotopic (exact) mass is 409 g/mol. The first-order chi connectivity index (χ1) is 13.2. The summed E-state index contributed by atoms with van der Waals surface area (Å²) < 4.78 is 53.5. The third-order valence-corrected chi connectivity index (χ3v) is 4.48. The van der Waals surface area contributed by atoms with Crippen molar-refractivity contribution in [2.75, 3.05) is 5.32 Å². The lowest BCUT2D eigenvalue weighted by atomic mass is 9.85. The summed E-state index contributed by atoms with van der Waals surface area (Å²) in [6.45, 7) is 3.75. The minimum atomic E-state index is -4.61. The lowest BCUT2D eigenvalue weighted by Gasteiger charge is -2.36. The van der Waals surface area contributed by atoms with Crippen LogP contribution in [0.4, 0.5) is 23.2 Å². The van der Waals surface area contributed by atoms with Crippen molar-refractivity contribution in [3.8, 4) is 0 Å². The van der Waals surface area contributed by atoms with Gasteiger partial charge in [0.25, 0.3) is 0 Å². The van der Waals surface area contributed by atoms with Gasteiger partial charge in [-0.15, -0.1) is 0 Å². The lowest BCUT2D eigenvalue weighted by Crippen LogP contribution is -2.52. The van der Waals surface area contributed by atoms with Gasteiger partial charge in [0.05, 0.1) is 11.6 Å². The summed E-state index contributed by atoms with van der Waals surface area (Å²) in [5.74, 6) is -2.19.